The van der Waals surface area contributed by atoms with Gasteiger partial charge in [0.05, 0.1) is 6.04 Å². The average molecular weight is 325 g/mol. The van der Waals surface area contributed by atoms with Crippen LogP contribution in [0.1, 0.15) is 29.2 Å². The number of carbonyl (C=O) groups is 1. The third-order valence-electron chi connectivity index (χ3n) is 3.04. The van der Waals surface area contributed by atoms with Gasteiger partial charge in [0.25, 0.3) is 0 Å². The van der Waals surface area contributed by atoms with Gasteiger partial charge in [0.1, 0.15) is 16.6 Å². The summed E-state index contributed by atoms with van der Waals surface area (Å²) in [4.78, 5) is 16.1. The largest absolute Gasteiger partial charge is 0.338 e. The number of hydrogen-bond acceptors (Lipinski definition) is 3. The van der Waals surface area contributed by atoms with Crippen molar-refractivity contribution in [2.24, 2.45) is 0 Å². The Morgan fingerprint density at radius 1 is 1.41 bits per heavy atom. The van der Waals surface area contributed by atoms with Crippen molar-refractivity contribution in [3.05, 3.63) is 51.5 Å². The summed E-state index contributed by atoms with van der Waals surface area (Å²) in [6.07, 6.45) is 0.224. The molecule has 0 bridgehead atoms. The molecule has 22 heavy (non-hydrogen) atoms. The summed E-state index contributed by atoms with van der Waals surface area (Å²) < 4.78 is 26.4. The Kier molecular flexibility index (Phi) is 5.43. The van der Waals surface area contributed by atoms with E-state index in [4.69, 9.17) is 0 Å². The van der Waals surface area contributed by atoms with Crippen LogP contribution in [-0.4, -0.2) is 17.6 Å². The molecule has 1 heterocycles. The Balaban J connectivity index is 1.79. The van der Waals surface area contributed by atoms with Crippen molar-refractivity contribution >= 4 is 17.4 Å². The lowest BCUT2D eigenvalue weighted by Crippen LogP contribution is -2.38. The molecular formula is C15H17F2N3OS. The van der Waals surface area contributed by atoms with Crippen molar-refractivity contribution in [1.29, 1.82) is 0 Å². The number of rotatable bonds is 5. The van der Waals surface area contributed by atoms with Crippen LogP contribution in [-0.2, 0) is 6.42 Å². The normalized spacial score (nSPS) is 12.0. The van der Waals surface area contributed by atoms with Crippen LogP contribution in [0.5, 0.6) is 0 Å². The molecule has 4 nitrogen and oxygen atoms in total. The van der Waals surface area contributed by atoms with Crippen LogP contribution in [0.4, 0.5) is 13.6 Å². The number of nitrogens with one attached hydrogen (secondary N) is 2. The van der Waals surface area contributed by atoms with E-state index in [0.717, 1.165) is 28.9 Å². The fourth-order valence-electron chi connectivity index (χ4n) is 1.93. The highest BCUT2D eigenvalue weighted by Gasteiger charge is 2.12. The summed E-state index contributed by atoms with van der Waals surface area (Å²) in [7, 11) is 0. The lowest BCUT2D eigenvalue weighted by atomic mass is 10.1. The van der Waals surface area contributed by atoms with Crippen LogP contribution in [0, 0.1) is 18.6 Å². The van der Waals surface area contributed by atoms with E-state index in [9.17, 15) is 13.6 Å². The van der Waals surface area contributed by atoms with E-state index in [1.165, 1.54) is 11.3 Å². The average Bonchev–Trinajstić information content (AvgIpc) is 2.89. The predicted octanol–water partition coefficient (Wildman–Crippen LogP) is 3.33. The molecule has 0 fully saturated rings. The summed E-state index contributed by atoms with van der Waals surface area (Å²) in [6, 6.07) is 2.71. The second-order valence-corrected chi connectivity index (χ2v) is 5.82. The van der Waals surface area contributed by atoms with E-state index < -0.39 is 11.6 Å². The van der Waals surface area contributed by atoms with Crippen LogP contribution in [0.15, 0.2) is 23.6 Å². The molecule has 0 spiro atoms. The molecule has 1 atom stereocenters. The van der Waals surface area contributed by atoms with E-state index in [2.05, 4.69) is 15.6 Å². The minimum atomic E-state index is -0.492. The highest BCUT2D eigenvalue weighted by Crippen LogP contribution is 2.17. The number of benzene rings is 1. The van der Waals surface area contributed by atoms with Gasteiger partial charge in [-0.15, -0.1) is 11.3 Å². The predicted molar refractivity (Wildman–Crippen MR) is 81.9 cm³/mol. The van der Waals surface area contributed by atoms with Gasteiger partial charge in [0.2, 0.25) is 0 Å². The summed E-state index contributed by atoms with van der Waals surface area (Å²) in [5.41, 5.74) is 1.15. The number of carbonyl (C=O) groups excluding carboxylic acids is 1. The van der Waals surface area contributed by atoms with Crippen molar-refractivity contribution in [3.8, 4) is 0 Å². The molecule has 1 aromatic carbocycles. The maximum Gasteiger partial charge on any atom is 0.315 e. The zero-order valence-corrected chi connectivity index (χ0v) is 13.1. The SMILES string of the molecule is Cc1csc(C(C)NC(=O)NCCc2cc(F)ccc2F)n1. The molecule has 2 rings (SSSR count). The number of urea groups is 1. The van der Waals surface area contributed by atoms with Crippen LogP contribution in [0.3, 0.4) is 0 Å². The minimum Gasteiger partial charge on any atom is -0.338 e. The number of nitrogens with zero attached hydrogens (tertiary/aromatic N) is 1. The lowest BCUT2D eigenvalue weighted by molar-refractivity contribution is 0.238. The van der Waals surface area contributed by atoms with Gasteiger partial charge >= 0.3 is 6.03 Å². The fraction of sp³-hybridized carbons (Fsp3) is 0.333. The van der Waals surface area contributed by atoms with E-state index in [1.54, 1.807) is 0 Å². The molecule has 118 valence electrons. The highest BCUT2D eigenvalue weighted by molar-refractivity contribution is 7.09. The second-order valence-electron chi connectivity index (χ2n) is 4.93. The van der Waals surface area contributed by atoms with E-state index in [1.807, 2.05) is 19.2 Å². The molecule has 1 aromatic heterocycles. The Hall–Kier alpha value is -2.02. The van der Waals surface area contributed by atoms with Gasteiger partial charge in [0.15, 0.2) is 0 Å². The smallest absolute Gasteiger partial charge is 0.315 e. The zero-order chi connectivity index (χ0) is 16.1. The van der Waals surface area contributed by atoms with Gasteiger partial charge < -0.3 is 10.6 Å². The van der Waals surface area contributed by atoms with Crippen molar-refractivity contribution in [3.63, 3.8) is 0 Å². The van der Waals surface area contributed by atoms with E-state index in [-0.39, 0.29) is 30.6 Å². The molecule has 2 aromatic rings. The van der Waals surface area contributed by atoms with Crippen molar-refractivity contribution in [2.75, 3.05) is 6.54 Å². The third kappa shape index (κ3) is 4.49. The maximum absolute atomic E-state index is 13.4. The molecule has 0 aliphatic carbocycles. The molecule has 2 N–H and O–H groups in total. The number of halogens is 2. The summed E-state index contributed by atoms with van der Waals surface area (Å²) in [6.45, 7) is 3.94. The molecule has 0 saturated carbocycles. The Morgan fingerprint density at radius 2 is 2.18 bits per heavy atom. The van der Waals surface area contributed by atoms with Crippen LogP contribution < -0.4 is 10.6 Å². The van der Waals surface area contributed by atoms with Gasteiger partial charge in [-0.25, -0.2) is 18.6 Å². The fourth-order valence-corrected chi connectivity index (χ4v) is 2.73. The molecule has 7 heteroatoms. The quantitative estimate of drug-likeness (QED) is 0.886. The summed E-state index contributed by atoms with van der Waals surface area (Å²) in [5.74, 6) is -0.969. The van der Waals surface area contributed by atoms with E-state index >= 15 is 0 Å². The van der Waals surface area contributed by atoms with Gasteiger partial charge in [0, 0.05) is 17.6 Å². The van der Waals surface area contributed by atoms with E-state index in [0.29, 0.717) is 0 Å². The maximum atomic E-state index is 13.4. The lowest BCUT2D eigenvalue weighted by Gasteiger charge is -2.12. The Labute approximate surface area is 131 Å². The van der Waals surface area contributed by atoms with Gasteiger partial charge in [-0.05, 0) is 44.0 Å². The molecular weight excluding hydrogens is 308 g/mol. The standard InChI is InChI=1S/C15H17F2N3OS/c1-9-8-22-14(19-9)10(2)20-15(21)18-6-5-11-7-12(16)3-4-13(11)17/h3-4,7-8,10H,5-6H2,1-2H3,(H2,18,20,21). The first-order valence-corrected chi connectivity index (χ1v) is 7.74. The molecule has 0 aliphatic rings. The Morgan fingerprint density at radius 3 is 2.86 bits per heavy atom. The molecule has 0 aliphatic heterocycles. The number of amides is 2. The number of thiazole rings is 1. The van der Waals surface area contributed by atoms with Crippen LogP contribution >= 0.6 is 11.3 Å². The first-order valence-electron chi connectivity index (χ1n) is 6.86. The number of hydrogen-bond donors (Lipinski definition) is 2. The monoisotopic (exact) mass is 325 g/mol. The van der Waals surface area contributed by atoms with Gasteiger partial charge in [-0.3, -0.25) is 0 Å². The zero-order valence-electron chi connectivity index (χ0n) is 12.3. The highest BCUT2D eigenvalue weighted by atomic mass is 32.1. The second kappa shape index (κ2) is 7.31. The first-order chi connectivity index (χ1) is 10.5. The van der Waals surface area contributed by atoms with Crippen LogP contribution in [0.25, 0.3) is 0 Å². The molecule has 0 saturated heterocycles. The topological polar surface area (TPSA) is 54.0 Å². The molecule has 1 unspecified atom stereocenters. The summed E-state index contributed by atoms with van der Waals surface area (Å²) >= 11 is 1.48. The van der Waals surface area contributed by atoms with Crippen molar-refractivity contribution in [1.82, 2.24) is 15.6 Å². The van der Waals surface area contributed by atoms with Crippen molar-refractivity contribution < 1.29 is 13.6 Å². The van der Waals surface area contributed by atoms with Crippen molar-refractivity contribution in [2.45, 2.75) is 26.3 Å². The van der Waals surface area contributed by atoms with Crippen LogP contribution in [0.2, 0.25) is 0 Å². The molecule has 2 amide bonds. The summed E-state index contributed by atoms with van der Waals surface area (Å²) in [5, 5.41) is 8.11. The molecule has 0 radical (unpaired) electrons. The minimum absolute atomic E-state index is 0.204. The first kappa shape index (κ1) is 16.4. The number of aryl methyl sites for hydroxylation is 1. The third-order valence-corrected chi connectivity index (χ3v) is 4.19. The Bertz CT molecular complexity index is 660. The number of aromatic nitrogens is 1. The van der Waals surface area contributed by atoms with Gasteiger partial charge in [-0.1, -0.05) is 0 Å². The van der Waals surface area contributed by atoms with Gasteiger partial charge in [-0.2, -0.15) is 0 Å².